The molecule has 0 aromatic heterocycles. The van der Waals surface area contributed by atoms with Gasteiger partial charge in [0.1, 0.15) is 0 Å². The number of aliphatic imine (C=N–C) groups is 2. The first-order valence-electron chi connectivity index (χ1n) is 9.68. The van der Waals surface area contributed by atoms with Gasteiger partial charge in [-0.1, -0.05) is 60.3 Å². The van der Waals surface area contributed by atoms with Gasteiger partial charge in [-0.15, -0.1) is 0 Å². The van der Waals surface area contributed by atoms with Gasteiger partial charge in [0.2, 0.25) is 0 Å². The normalized spacial score (nSPS) is 15.4. The topological polar surface area (TPSA) is 24.7 Å². The van der Waals surface area contributed by atoms with E-state index in [4.69, 9.17) is 9.98 Å². The minimum Gasteiger partial charge on any atom is -0.252 e. The molecule has 2 aromatic carbocycles. The van der Waals surface area contributed by atoms with Crippen molar-refractivity contribution in [2.75, 3.05) is 0 Å². The second-order valence-corrected chi connectivity index (χ2v) is 8.43. The maximum Gasteiger partial charge on any atom is 0.0691 e. The minimum atomic E-state index is 0.914. The van der Waals surface area contributed by atoms with Crippen LogP contribution in [0.4, 0.5) is 11.4 Å². The fraction of sp³-hybridized carbons (Fsp3) is 0.280. The van der Waals surface area contributed by atoms with Crippen LogP contribution in [0.2, 0.25) is 0 Å². The average Bonchev–Trinajstić information content (AvgIpc) is 2.67. The van der Waals surface area contributed by atoms with Gasteiger partial charge in [0.25, 0.3) is 0 Å². The molecular weight excluding hydrogens is 360 g/mol. The first kappa shape index (κ1) is 20.3. The summed E-state index contributed by atoms with van der Waals surface area (Å²) in [6.07, 6.45) is 5.43. The van der Waals surface area contributed by atoms with E-state index in [1.807, 2.05) is 0 Å². The van der Waals surface area contributed by atoms with Gasteiger partial charge in [-0.3, -0.25) is 9.98 Å². The Bertz CT molecular complexity index is 901. The highest BCUT2D eigenvalue weighted by Crippen LogP contribution is 2.35. The second-order valence-electron chi connectivity index (χ2n) is 7.35. The van der Waals surface area contributed by atoms with E-state index in [1.165, 1.54) is 32.1 Å². The molecule has 1 aliphatic rings. The molecule has 1 aliphatic heterocycles. The van der Waals surface area contributed by atoms with Gasteiger partial charge in [0, 0.05) is 9.81 Å². The summed E-state index contributed by atoms with van der Waals surface area (Å²) in [5, 5.41) is 0. The van der Waals surface area contributed by atoms with E-state index in [2.05, 4.69) is 90.1 Å². The van der Waals surface area contributed by atoms with Crippen LogP contribution in [-0.4, -0.2) is 11.4 Å². The van der Waals surface area contributed by atoms with E-state index in [-0.39, 0.29) is 0 Å². The molecule has 0 spiro atoms. The van der Waals surface area contributed by atoms with Crippen LogP contribution in [0.1, 0.15) is 42.5 Å². The molecule has 3 heteroatoms. The maximum atomic E-state index is 4.95. The van der Waals surface area contributed by atoms with E-state index in [0.29, 0.717) is 0 Å². The number of hydrogen-bond donors (Lipinski definition) is 0. The summed E-state index contributed by atoms with van der Waals surface area (Å²) >= 11 is 1.77. The summed E-state index contributed by atoms with van der Waals surface area (Å²) in [6, 6.07) is 12.6. The third kappa shape index (κ3) is 4.53. The molecule has 1 heterocycles. The quantitative estimate of drug-likeness (QED) is 0.492. The van der Waals surface area contributed by atoms with E-state index in [1.54, 1.807) is 11.8 Å². The number of thioether (sulfide) groups is 1. The standard InChI is InChI=1S/C25H28N2S/c1-16-10-7-11-17(2)24(16)26-20(5)22-14-9-15-23(28-22)21(6)27-25-18(3)12-8-13-19(25)4/h7-8,10-15H,9H2,1-6H3. The first-order valence-corrected chi connectivity index (χ1v) is 10.5. The molecule has 28 heavy (non-hydrogen) atoms. The predicted octanol–water partition coefficient (Wildman–Crippen LogP) is 7.71. The minimum absolute atomic E-state index is 0.914. The van der Waals surface area contributed by atoms with E-state index in [0.717, 1.165) is 29.2 Å². The van der Waals surface area contributed by atoms with Crippen LogP contribution in [0.3, 0.4) is 0 Å². The van der Waals surface area contributed by atoms with Crippen molar-refractivity contribution in [3.63, 3.8) is 0 Å². The molecule has 0 saturated heterocycles. The average molecular weight is 389 g/mol. The monoisotopic (exact) mass is 388 g/mol. The van der Waals surface area contributed by atoms with Crippen molar-refractivity contribution < 1.29 is 0 Å². The zero-order chi connectivity index (χ0) is 20.3. The Hall–Kier alpha value is -2.39. The van der Waals surface area contributed by atoms with Gasteiger partial charge < -0.3 is 0 Å². The van der Waals surface area contributed by atoms with Crippen molar-refractivity contribution in [1.29, 1.82) is 0 Å². The van der Waals surface area contributed by atoms with Crippen LogP contribution in [0.25, 0.3) is 0 Å². The summed E-state index contributed by atoms with van der Waals surface area (Å²) in [5.74, 6) is 0. The third-order valence-electron chi connectivity index (χ3n) is 4.98. The Morgan fingerprint density at radius 3 is 1.39 bits per heavy atom. The fourth-order valence-corrected chi connectivity index (χ4v) is 4.31. The molecule has 0 bridgehead atoms. The van der Waals surface area contributed by atoms with Crippen molar-refractivity contribution >= 4 is 34.6 Å². The number of rotatable bonds is 4. The lowest BCUT2D eigenvalue weighted by Crippen LogP contribution is -2.03. The molecule has 0 atom stereocenters. The van der Waals surface area contributed by atoms with Crippen LogP contribution < -0.4 is 0 Å². The number of para-hydroxylation sites is 2. The van der Waals surface area contributed by atoms with Crippen molar-refractivity contribution in [2.45, 2.75) is 48.0 Å². The first-order chi connectivity index (χ1) is 13.4. The highest BCUT2D eigenvalue weighted by Gasteiger charge is 2.14. The smallest absolute Gasteiger partial charge is 0.0691 e. The molecule has 3 rings (SSSR count). The summed E-state index contributed by atoms with van der Waals surface area (Å²) in [4.78, 5) is 12.3. The molecule has 2 aromatic rings. The number of benzene rings is 2. The van der Waals surface area contributed by atoms with E-state index in [9.17, 15) is 0 Å². The van der Waals surface area contributed by atoms with Crippen LogP contribution in [0.15, 0.2) is 68.3 Å². The van der Waals surface area contributed by atoms with Gasteiger partial charge >= 0.3 is 0 Å². The molecular formula is C25H28N2S. The second kappa shape index (κ2) is 8.74. The zero-order valence-electron chi connectivity index (χ0n) is 17.6. The number of aryl methyl sites for hydroxylation is 4. The van der Waals surface area contributed by atoms with E-state index < -0.39 is 0 Å². The Morgan fingerprint density at radius 1 is 0.679 bits per heavy atom. The van der Waals surface area contributed by atoms with Crippen molar-refractivity contribution in [3.05, 3.63) is 80.6 Å². The van der Waals surface area contributed by atoms with Gasteiger partial charge in [0.15, 0.2) is 0 Å². The molecule has 0 radical (unpaired) electrons. The van der Waals surface area contributed by atoms with Crippen LogP contribution in [0, 0.1) is 27.7 Å². The summed E-state index contributed by atoms with van der Waals surface area (Å²) in [7, 11) is 0. The van der Waals surface area contributed by atoms with Gasteiger partial charge in [0.05, 0.1) is 22.8 Å². The van der Waals surface area contributed by atoms with Crippen molar-refractivity contribution in [3.8, 4) is 0 Å². The molecule has 0 N–H and O–H groups in total. The maximum absolute atomic E-state index is 4.95. The lowest BCUT2D eigenvalue weighted by molar-refractivity contribution is 1.31. The highest BCUT2D eigenvalue weighted by molar-refractivity contribution is 8.08. The molecule has 0 saturated carbocycles. The summed E-state index contributed by atoms with van der Waals surface area (Å²) < 4.78 is 0. The Balaban J connectivity index is 1.84. The fourth-order valence-electron chi connectivity index (χ4n) is 3.33. The van der Waals surface area contributed by atoms with Gasteiger partial charge in [-0.25, -0.2) is 0 Å². The number of hydrogen-bond acceptors (Lipinski definition) is 3. The number of nitrogens with zero attached hydrogens (tertiary/aromatic N) is 2. The third-order valence-corrected chi connectivity index (χ3v) is 6.34. The lowest BCUT2D eigenvalue weighted by atomic mass is 10.1. The Morgan fingerprint density at radius 2 is 1.04 bits per heavy atom. The Kier molecular flexibility index (Phi) is 6.35. The molecule has 0 amide bonds. The SMILES string of the molecule is CC(=Nc1c(C)cccc1C)C1=CCC=C(C(C)=Nc2c(C)cccc2C)S1. The molecule has 2 nitrogen and oxygen atoms in total. The molecule has 0 aliphatic carbocycles. The van der Waals surface area contributed by atoms with Crippen LogP contribution >= 0.6 is 11.8 Å². The van der Waals surface area contributed by atoms with Gasteiger partial charge in [-0.05, 0) is 70.2 Å². The van der Waals surface area contributed by atoms with E-state index >= 15 is 0 Å². The van der Waals surface area contributed by atoms with Gasteiger partial charge in [-0.2, -0.15) is 0 Å². The zero-order valence-corrected chi connectivity index (χ0v) is 18.4. The summed E-state index contributed by atoms with van der Waals surface area (Å²) in [6.45, 7) is 12.7. The van der Waals surface area contributed by atoms with Crippen LogP contribution in [0.5, 0.6) is 0 Å². The Labute approximate surface area is 173 Å². The highest BCUT2D eigenvalue weighted by atomic mass is 32.2. The molecule has 144 valence electrons. The molecule has 0 unspecified atom stereocenters. The summed E-state index contributed by atoms with van der Waals surface area (Å²) in [5.41, 5.74) is 9.14. The number of allylic oxidation sites excluding steroid dienone is 4. The van der Waals surface area contributed by atoms with Crippen molar-refractivity contribution in [1.82, 2.24) is 0 Å². The van der Waals surface area contributed by atoms with Crippen molar-refractivity contribution in [2.24, 2.45) is 9.98 Å². The molecule has 0 fully saturated rings. The van der Waals surface area contributed by atoms with Crippen LogP contribution in [-0.2, 0) is 0 Å². The largest absolute Gasteiger partial charge is 0.252 e. The predicted molar refractivity (Wildman–Crippen MR) is 126 cm³/mol. The lowest BCUT2D eigenvalue weighted by Gasteiger charge is -2.16.